The molecule has 1 spiro atoms. The number of nitrogens with one attached hydrogen (secondary N) is 2. The zero-order chi connectivity index (χ0) is 11.6. The van der Waals surface area contributed by atoms with Gasteiger partial charge < -0.3 is 10.6 Å². The molecule has 1 atom stereocenters. The van der Waals surface area contributed by atoms with Gasteiger partial charge in [-0.25, -0.2) is 0 Å². The molecule has 1 aromatic rings. The smallest absolute Gasteiger partial charge is 0.0270 e. The maximum atomic E-state index is 4.14. The molecular weight excluding hydrogens is 210 g/mol. The molecule has 2 aliphatic rings. The van der Waals surface area contributed by atoms with Gasteiger partial charge in [-0.05, 0) is 62.0 Å². The minimum atomic E-state index is 0.526. The van der Waals surface area contributed by atoms with E-state index in [0.29, 0.717) is 11.3 Å². The fraction of sp³-hybridized carbons (Fsp3) is 0.643. The third kappa shape index (κ3) is 2.09. The summed E-state index contributed by atoms with van der Waals surface area (Å²) < 4.78 is 0. The lowest BCUT2D eigenvalue weighted by Crippen LogP contribution is -2.49. The summed E-state index contributed by atoms with van der Waals surface area (Å²) in [7, 11) is 0. The highest BCUT2D eigenvalue weighted by Crippen LogP contribution is 2.46. The molecule has 3 heterocycles. The van der Waals surface area contributed by atoms with Crippen LogP contribution >= 0.6 is 0 Å². The topological polar surface area (TPSA) is 37.0 Å². The quantitative estimate of drug-likeness (QED) is 0.769. The predicted molar refractivity (Wildman–Crippen MR) is 69.0 cm³/mol. The molecule has 0 radical (unpaired) electrons. The first-order chi connectivity index (χ1) is 8.41. The van der Waals surface area contributed by atoms with Crippen LogP contribution < -0.4 is 10.6 Å². The number of piperidine rings is 2. The third-order valence-electron chi connectivity index (χ3n) is 4.60. The van der Waals surface area contributed by atoms with Crippen molar-refractivity contribution >= 4 is 0 Å². The molecule has 2 N–H and O–H groups in total. The van der Waals surface area contributed by atoms with Crippen molar-refractivity contribution in [1.82, 2.24) is 15.6 Å². The average Bonchev–Trinajstić information content (AvgIpc) is 2.41. The average molecular weight is 231 g/mol. The Kier molecular flexibility index (Phi) is 3.12. The normalized spacial score (nSPS) is 28.1. The van der Waals surface area contributed by atoms with Gasteiger partial charge in [0.25, 0.3) is 0 Å². The molecule has 3 rings (SSSR count). The lowest BCUT2D eigenvalue weighted by Gasteiger charge is -2.47. The summed E-state index contributed by atoms with van der Waals surface area (Å²) in [5, 5.41) is 7.06. The van der Waals surface area contributed by atoms with Crippen molar-refractivity contribution in [2.75, 3.05) is 26.2 Å². The highest BCUT2D eigenvalue weighted by molar-refractivity contribution is 5.21. The molecule has 2 fully saturated rings. The van der Waals surface area contributed by atoms with E-state index < -0.39 is 0 Å². The van der Waals surface area contributed by atoms with Crippen molar-refractivity contribution in [2.24, 2.45) is 5.41 Å². The lowest BCUT2D eigenvalue weighted by molar-refractivity contribution is 0.112. The van der Waals surface area contributed by atoms with Crippen LogP contribution in [0.15, 0.2) is 24.5 Å². The van der Waals surface area contributed by atoms with Gasteiger partial charge in [-0.1, -0.05) is 0 Å². The SMILES string of the molecule is c1cc(C2CNCCC23CCNCC3)ccn1. The fourth-order valence-corrected chi connectivity index (χ4v) is 3.56. The standard InChI is InChI=1S/C14H21N3/c1-6-15-7-2-12(1)13-11-17-10-5-14(13)3-8-16-9-4-14/h1-2,6-7,13,16-17H,3-5,8-11H2. The zero-order valence-corrected chi connectivity index (χ0v) is 10.3. The van der Waals surface area contributed by atoms with Crippen LogP contribution in [0, 0.1) is 5.41 Å². The lowest BCUT2D eigenvalue weighted by atomic mass is 9.63. The van der Waals surface area contributed by atoms with Gasteiger partial charge in [-0.3, -0.25) is 4.98 Å². The molecule has 3 nitrogen and oxygen atoms in total. The van der Waals surface area contributed by atoms with E-state index in [0.717, 1.165) is 6.54 Å². The Morgan fingerprint density at radius 2 is 1.65 bits per heavy atom. The Labute approximate surface area is 103 Å². The zero-order valence-electron chi connectivity index (χ0n) is 10.3. The van der Waals surface area contributed by atoms with E-state index in [4.69, 9.17) is 0 Å². The van der Waals surface area contributed by atoms with Crippen LogP contribution in [0.2, 0.25) is 0 Å². The molecule has 92 valence electrons. The Bertz CT molecular complexity index is 349. The van der Waals surface area contributed by atoms with E-state index in [-0.39, 0.29) is 0 Å². The van der Waals surface area contributed by atoms with Crippen LogP contribution in [0.25, 0.3) is 0 Å². The molecule has 17 heavy (non-hydrogen) atoms. The van der Waals surface area contributed by atoms with Gasteiger partial charge in [0, 0.05) is 24.9 Å². The van der Waals surface area contributed by atoms with Gasteiger partial charge in [0.1, 0.15) is 0 Å². The second kappa shape index (κ2) is 4.75. The summed E-state index contributed by atoms with van der Waals surface area (Å²) in [4.78, 5) is 4.14. The number of hydrogen-bond acceptors (Lipinski definition) is 3. The molecule has 1 unspecified atom stereocenters. The van der Waals surface area contributed by atoms with Gasteiger partial charge >= 0.3 is 0 Å². The van der Waals surface area contributed by atoms with Crippen LogP contribution in [0.4, 0.5) is 0 Å². The summed E-state index contributed by atoms with van der Waals surface area (Å²) in [6.07, 6.45) is 7.82. The van der Waals surface area contributed by atoms with Gasteiger partial charge in [0.2, 0.25) is 0 Å². The van der Waals surface area contributed by atoms with Crippen LogP contribution in [-0.2, 0) is 0 Å². The molecule has 0 saturated carbocycles. The predicted octanol–water partition coefficient (Wildman–Crippen LogP) is 1.53. The third-order valence-corrected chi connectivity index (χ3v) is 4.60. The van der Waals surface area contributed by atoms with Gasteiger partial charge in [0.05, 0.1) is 0 Å². The highest BCUT2D eigenvalue weighted by Gasteiger charge is 2.41. The maximum Gasteiger partial charge on any atom is 0.0270 e. The van der Waals surface area contributed by atoms with Crippen molar-refractivity contribution < 1.29 is 0 Å². The largest absolute Gasteiger partial charge is 0.317 e. The highest BCUT2D eigenvalue weighted by atomic mass is 14.9. The number of aromatic nitrogens is 1. The van der Waals surface area contributed by atoms with E-state index in [9.17, 15) is 0 Å². The molecule has 0 bridgehead atoms. The van der Waals surface area contributed by atoms with Gasteiger partial charge in [-0.2, -0.15) is 0 Å². The monoisotopic (exact) mass is 231 g/mol. The first kappa shape index (κ1) is 11.2. The Hall–Kier alpha value is -0.930. The van der Waals surface area contributed by atoms with E-state index in [1.807, 2.05) is 12.4 Å². The van der Waals surface area contributed by atoms with Crippen molar-refractivity contribution in [2.45, 2.75) is 25.2 Å². The minimum Gasteiger partial charge on any atom is -0.317 e. The molecule has 0 aromatic carbocycles. The molecule has 1 aromatic heterocycles. The molecule has 0 amide bonds. The maximum absolute atomic E-state index is 4.14. The number of pyridine rings is 1. The molecule has 2 saturated heterocycles. The summed E-state index contributed by atoms with van der Waals surface area (Å²) in [5.41, 5.74) is 1.99. The Balaban J connectivity index is 1.89. The summed E-state index contributed by atoms with van der Waals surface area (Å²) in [6.45, 7) is 4.68. The molecular formula is C14H21N3. The van der Waals surface area contributed by atoms with E-state index >= 15 is 0 Å². The van der Waals surface area contributed by atoms with Crippen LogP contribution in [-0.4, -0.2) is 31.2 Å². The second-order valence-electron chi connectivity index (χ2n) is 5.40. The van der Waals surface area contributed by atoms with Crippen LogP contribution in [0.1, 0.15) is 30.7 Å². The summed E-state index contributed by atoms with van der Waals surface area (Å²) >= 11 is 0. The summed E-state index contributed by atoms with van der Waals surface area (Å²) in [6, 6.07) is 4.39. The van der Waals surface area contributed by atoms with Crippen molar-refractivity contribution in [3.63, 3.8) is 0 Å². The fourth-order valence-electron chi connectivity index (χ4n) is 3.56. The first-order valence-electron chi connectivity index (χ1n) is 6.72. The van der Waals surface area contributed by atoms with E-state index in [1.165, 1.54) is 44.5 Å². The minimum absolute atomic E-state index is 0.526. The second-order valence-corrected chi connectivity index (χ2v) is 5.40. The van der Waals surface area contributed by atoms with Crippen molar-refractivity contribution in [1.29, 1.82) is 0 Å². The number of nitrogens with zero attached hydrogens (tertiary/aromatic N) is 1. The molecule has 2 aliphatic heterocycles. The van der Waals surface area contributed by atoms with Crippen molar-refractivity contribution in [3.8, 4) is 0 Å². The Morgan fingerprint density at radius 1 is 1.00 bits per heavy atom. The number of rotatable bonds is 1. The van der Waals surface area contributed by atoms with Crippen LogP contribution in [0.3, 0.4) is 0 Å². The van der Waals surface area contributed by atoms with Crippen LogP contribution in [0.5, 0.6) is 0 Å². The van der Waals surface area contributed by atoms with Gasteiger partial charge in [0.15, 0.2) is 0 Å². The van der Waals surface area contributed by atoms with Crippen molar-refractivity contribution in [3.05, 3.63) is 30.1 Å². The Morgan fingerprint density at radius 3 is 2.35 bits per heavy atom. The van der Waals surface area contributed by atoms with E-state index in [1.54, 1.807) is 0 Å². The molecule has 3 heteroatoms. The van der Waals surface area contributed by atoms with Gasteiger partial charge in [-0.15, -0.1) is 0 Å². The summed E-state index contributed by atoms with van der Waals surface area (Å²) in [5.74, 6) is 0.668. The molecule has 0 aliphatic carbocycles. The number of hydrogen-bond donors (Lipinski definition) is 2. The van der Waals surface area contributed by atoms with E-state index in [2.05, 4.69) is 27.8 Å². The first-order valence-corrected chi connectivity index (χ1v) is 6.72.